The zero-order chi connectivity index (χ0) is 21.9. The first-order valence-corrected chi connectivity index (χ1v) is 13.1. The van der Waals surface area contributed by atoms with Gasteiger partial charge in [-0.3, -0.25) is 0 Å². The number of hydrogen-bond acceptors (Lipinski definition) is 3. The lowest BCUT2D eigenvalue weighted by molar-refractivity contribution is -0.249. The van der Waals surface area contributed by atoms with Crippen molar-refractivity contribution in [3.8, 4) is 0 Å². The monoisotopic (exact) mass is 420 g/mol. The van der Waals surface area contributed by atoms with E-state index in [9.17, 15) is 15.3 Å². The van der Waals surface area contributed by atoms with Crippen molar-refractivity contribution in [3.05, 3.63) is 0 Å². The highest BCUT2D eigenvalue weighted by molar-refractivity contribution is 5.16. The Labute approximate surface area is 185 Å². The third-order valence-corrected chi connectivity index (χ3v) is 11.0. The molecule has 0 spiro atoms. The van der Waals surface area contributed by atoms with E-state index in [1.54, 1.807) is 0 Å². The zero-order valence-electron chi connectivity index (χ0n) is 20.2. The molecule has 30 heavy (non-hydrogen) atoms. The van der Waals surface area contributed by atoms with Gasteiger partial charge in [0.15, 0.2) is 0 Å². The molecule has 174 valence electrons. The van der Waals surface area contributed by atoms with Crippen molar-refractivity contribution in [2.75, 3.05) is 0 Å². The fourth-order valence-electron chi connectivity index (χ4n) is 9.25. The molecule has 0 bridgehead atoms. The lowest BCUT2D eigenvalue weighted by Gasteiger charge is -2.65. The Balaban J connectivity index is 1.54. The van der Waals surface area contributed by atoms with Gasteiger partial charge in [-0.25, -0.2) is 0 Å². The average Bonchev–Trinajstić information content (AvgIpc) is 3.00. The fraction of sp³-hybridized carbons (Fsp3) is 1.00. The van der Waals surface area contributed by atoms with E-state index in [4.69, 9.17) is 0 Å². The van der Waals surface area contributed by atoms with Crippen LogP contribution in [0.1, 0.15) is 105 Å². The molecule has 4 aliphatic carbocycles. The normalized spacial score (nSPS) is 51.9. The van der Waals surface area contributed by atoms with Gasteiger partial charge in [-0.1, -0.05) is 53.9 Å². The van der Waals surface area contributed by atoms with Crippen LogP contribution in [0.3, 0.4) is 0 Å². The SMILES string of the molecule is CC(C)CCCC(C)C1CCC2C3C(O)C[C@@]4(O)C[C@@H](O)CC[C@]4(C)C3CC[C@]12C. The second kappa shape index (κ2) is 8.03. The number of aliphatic hydroxyl groups is 3. The molecule has 0 aliphatic heterocycles. The van der Waals surface area contributed by atoms with Crippen LogP contribution >= 0.6 is 0 Å². The van der Waals surface area contributed by atoms with E-state index in [2.05, 4.69) is 34.6 Å². The van der Waals surface area contributed by atoms with Crippen molar-refractivity contribution < 1.29 is 15.3 Å². The largest absolute Gasteiger partial charge is 0.393 e. The Morgan fingerprint density at radius 1 is 0.867 bits per heavy atom. The molecule has 0 radical (unpaired) electrons. The summed E-state index contributed by atoms with van der Waals surface area (Å²) in [5.41, 5.74) is -0.709. The molecule has 0 amide bonds. The van der Waals surface area contributed by atoms with Gasteiger partial charge < -0.3 is 15.3 Å². The van der Waals surface area contributed by atoms with Gasteiger partial charge in [0.1, 0.15) is 0 Å². The Bertz CT molecular complexity index is 619. The van der Waals surface area contributed by atoms with Gasteiger partial charge in [0.25, 0.3) is 0 Å². The Kier molecular flexibility index (Phi) is 6.17. The first-order chi connectivity index (χ1) is 14.0. The zero-order valence-corrected chi connectivity index (χ0v) is 20.2. The molecule has 4 aliphatic rings. The quantitative estimate of drug-likeness (QED) is 0.546. The number of aliphatic hydroxyl groups excluding tert-OH is 2. The van der Waals surface area contributed by atoms with Crippen molar-refractivity contribution in [2.24, 2.45) is 46.3 Å². The molecular weight excluding hydrogens is 372 g/mol. The van der Waals surface area contributed by atoms with Crippen LogP contribution in [0, 0.1) is 46.3 Å². The summed E-state index contributed by atoms with van der Waals surface area (Å²) in [5.74, 6) is 3.67. The molecule has 3 heteroatoms. The van der Waals surface area contributed by atoms with Gasteiger partial charge in [0.2, 0.25) is 0 Å². The van der Waals surface area contributed by atoms with Crippen molar-refractivity contribution in [1.82, 2.24) is 0 Å². The summed E-state index contributed by atoms with van der Waals surface area (Å²) in [7, 11) is 0. The van der Waals surface area contributed by atoms with E-state index in [1.165, 1.54) is 38.5 Å². The maximum atomic E-state index is 11.6. The molecule has 0 heterocycles. The molecule has 0 aromatic heterocycles. The molecule has 4 saturated carbocycles. The van der Waals surface area contributed by atoms with Crippen LogP contribution in [0.25, 0.3) is 0 Å². The van der Waals surface area contributed by atoms with Gasteiger partial charge in [-0.05, 0) is 84.9 Å². The summed E-state index contributed by atoms with van der Waals surface area (Å²) < 4.78 is 0. The van der Waals surface area contributed by atoms with E-state index in [-0.39, 0.29) is 5.41 Å². The summed E-state index contributed by atoms with van der Waals surface area (Å²) in [4.78, 5) is 0. The van der Waals surface area contributed by atoms with Gasteiger partial charge in [-0.2, -0.15) is 0 Å². The number of hydrogen-bond donors (Lipinski definition) is 3. The minimum Gasteiger partial charge on any atom is -0.393 e. The maximum absolute atomic E-state index is 11.6. The van der Waals surface area contributed by atoms with E-state index < -0.39 is 17.8 Å². The highest BCUT2D eigenvalue weighted by atomic mass is 16.3. The van der Waals surface area contributed by atoms with Crippen LogP contribution in [-0.2, 0) is 0 Å². The third-order valence-electron chi connectivity index (χ3n) is 11.0. The summed E-state index contributed by atoms with van der Waals surface area (Å²) in [5, 5.41) is 33.2. The number of fused-ring (bicyclic) bond motifs is 5. The predicted molar refractivity (Wildman–Crippen MR) is 122 cm³/mol. The van der Waals surface area contributed by atoms with Crippen LogP contribution in [0.4, 0.5) is 0 Å². The van der Waals surface area contributed by atoms with Crippen molar-refractivity contribution in [1.29, 1.82) is 0 Å². The van der Waals surface area contributed by atoms with E-state index >= 15 is 0 Å². The molecule has 3 N–H and O–H groups in total. The fourth-order valence-corrected chi connectivity index (χ4v) is 9.25. The lowest BCUT2D eigenvalue weighted by Crippen LogP contribution is -2.66. The molecule has 4 fully saturated rings. The molecule has 6 unspecified atom stereocenters. The standard InChI is InChI=1S/C27H48O3/c1-17(2)7-6-8-18(3)20-9-10-21-24-22(12-13-25(20,21)4)26(5)14-11-19(28)15-27(26,30)16-23(24)29/h17-24,28-30H,6-16H2,1-5H3/t18?,19-,20?,21?,22?,23?,24?,25+,26+,27-/m0/s1. The van der Waals surface area contributed by atoms with E-state index in [0.717, 1.165) is 37.0 Å². The average molecular weight is 421 g/mol. The highest BCUT2D eigenvalue weighted by Gasteiger charge is 2.67. The Morgan fingerprint density at radius 3 is 2.30 bits per heavy atom. The van der Waals surface area contributed by atoms with Gasteiger partial charge in [0.05, 0.1) is 17.8 Å². The van der Waals surface area contributed by atoms with Crippen LogP contribution in [0.2, 0.25) is 0 Å². The van der Waals surface area contributed by atoms with Gasteiger partial charge in [0, 0.05) is 12.8 Å². The van der Waals surface area contributed by atoms with Gasteiger partial charge in [-0.15, -0.1) is 0 Å². The molecular formula is C27H48O3. The third kappa shape index (κ3) is 3.50. The smallest absolute Gasteiger partial charge is 0.0753 e. The second-order valence-electron chi connectivity index (χ2n) is 12.9. The van der Waals surface area contributed by atoms with Crippen molar-refractivity contribution >= 4 is 0 Å². The van der Waals surface area contributed by atoms with Crippen molar-refractivity contribution in [3.63, 3.8) is 0 Å². The van der Waals surface area contributed by atoms with Crippen LogP contribution < -0.4 is 0 Å². The summed E-state index contributed by atoms with van der Waals surface area (Å²) in [6.45, 7) is 12.0. The molecule has 0 aromatic carbocycles. The summed E-state index contributed by atoms with van der Waals surface area (Å²) >= 11 is 0. The maximum Gasteiger partial charge on any atom is 0.0753 e. The molecule has 3 nitrogen and oxygen atoms in total. The van der Waals surface area contributed by atoms with Gasteiger partial charge >= 0.3 is 0 Å². The Hall–Kier alpha value is -0.120. The van der Waals surface area contributed by atoms with Crippen LogP contribution in [-0.4, -0.2) is 33.1 Å². The topological polar surface area (TPSA) is 60.7 Å². The Morgan fingerprint density at radius 2 is 1.60 bits per heavy atom. The van der Waals surface area contributed by atoms with Crippen LogP contribution in [0.5, 0.6) is 0 Å². The molecule has 0 saturated heterocycles. The lowest BCUT2D eigenvalue weighted by atomic mass is 9.42. The molecule has 4 rings (SSSR count). The minimum absolute atomic E-state index is 0.154. The second-order valence-corrected chi connectivity index (χ2v) is 12.9. The first-order valence-electron chi connectivity index (χ1n) is 13.1. The number of rotatable bonds is 5. The predicted octanol–water partition coefficient (Wildman–Crippen LogP) is 5.55. The highest BCUT2D eigenvalue weighted by Crippen LogP contribution is 2.69. The molecule has 10 atom stereocenters. The summed E-state index contributed by atoms with van der Waals surface area (Å²) in [6.07, 6.45) is 10.8. The van der Waals surface area contributed by atoms with E-state index in [0.29, 0.717) is 36.0 Å². The van der Waals surface area contributed by atoms with Crippen LogP contribution in [0.15, 0.2) is 0 Å². The van der Waals surface area contributed by atoms with Crippen molar-refractivity contribution in [2.45, 2.75) is 123 Å². The summed E-state index contributed by atoms with van der Waals surface area (Å²) in [6, 6.07) is 0. The van der Waals surface area contributed by atoms with E-state index in [1.807, 2.05) is 0 Å². The molecule has 0 aromatic rings. The first kappa shape index (κ1) is 23.1. The minimum atomic E-state index is -0.902.